The Labute approximate surface area is 240 Å². The van der Waals surface area contributed by atoms with Gasteiger partial charge in [-0.05, 0) is 12.8 Å². The summed E-state index contributed by atoms with van der Waals surface area (Å²) in [6, 6.07) is -0.906. The molecule has 9 N–H and O–H groups in total. The van der Waals surface area contributed by atoms with Gasteiger partial charge in [0.05, 0.1) is 32.0 Å². The molecule has 0 aromatic carbocycles. The Kier molecular flexibility index (Phi) is 16.1. The van der Waals surface area contributed by atoms with Crippen LogP contribution in [0.5, 0.6) is 0 Å². The van der Waals surface area contributed by atoms with Crippen LogP contribution in [0.4, 0.5) is 0 Å². The van der Waals surface area contributed by atoms with E-state index in [1.807, 2.05) is 6.08 Å². The van der Waals surface area contributed by atoms with Crippen LogP contribution in [-0.2, 0) is 23.7 Å². The highest BCUT2D eigenvalue weighted by molar-refractivity contribution is 5.73. The topological polar surface area (TPSA) is 228 Å². The van der Waals surface area contributed by atoms with Gasteiger partial charge in [0.1, 0.15) is 48.8 Å². The summed E-state index contributed by atoms with van der Waals surface area (Å²) in [6.45, 7) is 1.70. The molecular formula is C27H49NO13. The lowest BCUT2D eigenvalue weighted by Crippen LogP contribution is -2.65. The van der Waals surface area contributed by atoms with Crippen molar-refractivity contribution in [2.45, 2.75) is 132 Å². The van der Waals surface area contributed by atoms with E-state index >= 15 is 0 Å². The van der Waals surface area contributed by atoms with Gasteiger partial charge >= 0.3 is 0 Å². The molecule has 0 radical (unpaired) electrons. The molecule has 0 aromatic heterocycles. The van der Waals surface area contributed by atoms with Crippen LogP contribution in [0, 0.1) is 0 Å². The second-order valence-electron chi connectivity index (χ2n) is 10.6. The van der Waals surface area contributed by atoms with E-state index in [1.165, 1.54) is 26.2 Å². The number of aliphatic hydroxyl groups excluding tert-OH is 8. The first kappa shape index (κ1) is 35.9. The second-order valence-corrected chi connectivity index (χ2v) is 10.6. The normalized spacial score (nSPS) is 35.9. The maximum atomic E-state index is 11.7. The number of hydrogen-bond donors (Lipinski definition) is 9. The number of carbonyl (C=O) groups excluding carboxylic acids is 1. The molecule has 12 atom stereocenters. The number of carbonyl (C=O) groups is 1. The largest absolute Gasteiger partial charge is 0.394 e. The molecule has 2 heterocycles. The molecule has 0 aliphatic carbocycles. The number of nitrogens with one attached hydrogen (secondary N) is 1. The van der Waals surface area contributed by atoms with Crippen LogP contribution in [0.25, 0.3) is 0 Å². The van der Waals surface area contributed by atoms with Crippen LogP contribution < -0.4 is 5.32 Å². The van der Waals surface area contributed by atoms with Crippen LogP contribution in [0.2, 0.25) is 0 Å². The summed E-state index contributed by atoms with van der Waals surface area (Å²) in [4.78, 5) is 11.7. The van der Waals surface area contributed by atoms with Crippen molar-refractivity contribution in [3.05, 3.63) is 12.2 Å². The van der Waals surface area contributed by atoms with Crippen molar-refractivity contribution in [3.63, 3.8) is 0 Å². The molecule has 2 fully saturated rings. The Bertz CT molecular complexity index is 769. The SMILES string of the molecule is CCCCCCCC/C=C/C(O)C(COC1OC(CO)C(OC2OC(CO)C(O)C(O)C2O)C(O)C1O)NC(C)=O. The standard InChI is InChI=1S/C27H49NO13/c1-3-4-5-6-7-8-9-10-11-17(32)16(28-15(2)31)14-38-26-24(37)22(35)25(19(13-30)40-26)41-27-23(36)21(34)20(33)18(12-29)39-27/h10-11,16-27,29-30,32-37H,3-9,12-14H2,1-2H3,(H,28,31)/b11-10+. The Hall–Kier alpha value is -1.27. The van der Waals surface area contributed by atoms with Crippen molar-refractivity contribution >= 4 is 5.91 Å². The van der Waals surface area contributed by atoms with Gasteiger partial charge in [-0.3, -0.25) is 4.79 Å². The minimum Gasteiger partial charge on any atom is -0.394 e. The molecule has 12 unspecified atom stereocenters. The third kappa shape index (κ3) is 10.7. The molecule has 2 rings (SSSR count). The number of ether oxygens (including phenoxy) is 4. The van der Waals surface area contributed by atoms with Gasteiger partial charge in [-0.2, -0.15) is 0 Å². The molecular weight excluding hydrogens is 546 g/mol. The van der Waals surface area contributed by atoms with Gasteiger partial charge in [0.15, 0.2) is 12.6 Å². The quantitative estimate of drug-likeness (QED) is 0.0643. The first-order valence-corrected chi connectivity index (χ1v) is 14.4. The minimum absolute atomic E-state index is 0.313. The molecule has 2 aliphatic heterocycles. The first-order chi connectivity index (χ1) is 19.5. The van der Waals surface area contributed by atoms with Crippen LogP contribution in [-0.4, -0.2) is 140 Å². The molecule has 14 heteroatoms. The predicted molar refractivity (Wildman–Crippen MR) is 143 cm³/mol. The van der Waals surface area contributed by atoms with E-state index in [1.54, 1.807) is 6.08 Å². The number of rotatable bonds is 17. The summed E-state index contributed by atoms with van der Waals surface area (Å²) in [6.07, 6.45) is -5.93. The summed E-state index contributed by atoms with van der Waals surface area (Å²) < 4.78 is 22.0. The summed E-state index contributed by atoms with van der Waals surface area (Å²) >= 11 is 0. The zero-order chi connectivity index (χ0) is 30.5. The third-order valence-electron chi connectivity index (χ3n) is 7.26. The minimum atomic E-state index is -1.78. The lowest BCUT2D eigenvalue weighted by Gasteiger charge is -2.46. The maximum Gasteiger partial charge on any atom is 0.217 e. The lowest BCUT2D eigenvalue weighted by atomic mass is 9.97. The van der Waals surface area contributed by atoms with Crippen LogP contribution in [0.1, 0.15) is 58.8 Å². The number of amides is 1. The molecule has 0 aromatic rings. The Morgan fingerprint density at radius 3 is 2.10 bits per heavy atom. The smallest absolute Gasteiger partial charge is 0.217 e. The molecule has 1 amide bonds. The van der Waals surface area contributed by atoms with E-state index in [0.717, 1.165) is 25.7 Å². The number of unbranched alkanes of at least 4 members (excludes halogenated alkanes) is 6. The van der Waals surface area contributed by atoms with Crippen molar-refractivity contribution in [2.75, 3.05) is 19.8 Å². The maximum absolute atomic E-state index is 11.7. The number of allylic oxidation sites excluding steroid dienone is 1. The fourth-order valence-corrected chi connectivity index (χ4v) is 4.79. The predicted octanol–water partition coefficient (Wildman–Crippen LogP) is -2.20. The molecule has 240 valence electrons. The molecule has 0 saturated carbocycles. The van der Waals surface area contributed by atoms with E-state index in [0.29, 0.717) is 0 Å². The molecule has 41 heavy (non-hydrogen) atoms. The van der Waals surface area contributed by atoms with Crippen molar-refractivity contribution in [3.8, 4) is 0 Å². The fourth-order valence-electron chi connectivity index (χ4n) is 4.79. The van der Waals surface area contributed by atoms with Crippen molar-refractivity contribution < 1.29 is 64.6 Å². The van der Waals surface area contributed by atoms with E-state index in [4.69, 9.17) is 18.9 Å². The average molecular weight is 596 g/mol. The molecule has 2 aliphatic rings. The van der Waals surface area contributed by atoms with Crippen molar-refractivity contribution in [1.29, 1.82) is 0 Å². The Morgan fingerprint density at radius 1 is 0.854 bits per heavy atom. The Balaban J connectivity index is 1.96. The van der Waals surface area contributed by atoms with Gasteiger partial charge < -0.3 is 65.1 Å². The average Bonchev–Trinajstić information content (AvgIpc) is 2.95. The lowest BCUT2D eigenvalue weighted by molar-refractivity contribution is -0.359. The van der Waals surface area contributed by atoms with E-state index in [2.05, 4.69) is 12.2 Å². The van der Waals surface area contributed by atoms with Gasteiger partial charge in [0.2, 0.25) is 5.91 Å². The second kappa shape index (κ2) is 18.4. The summed E-state index contributed by atoms with van der Waals surface area (Å²) in [5.74, 6) is -0.423. The fraction of sp³-hybridized carbons (Fsp3) is 0.889. The van der Waals surface area contributed by atoms with Gasteiger partial charge in [-0.25, -0.2) is 0 Å². The highest BCUT2D eigenvalue weighted by Crippen LogP contribution is 2.29. The summed E-state index contributed by atoms with van der Waals surface area (Å²) in [7, 11) is 0. The highest BCUT2D eigenvalue weighted by atomic mass is 16.7. The zero-order valence-corrected chi connectivity index (χ0v) is 23.8. The van der Waals surface area contributed by atoms with E-state index < -0.39 is 92.7 Å². The number of hydrogen-bond acceptors (Lipinski definition) is 13. The van der Waals surface area contributed by atoms with Crippen molar-refractivity contribution in [1.82, 2.24) is 5.32 Å². The molecule has 0 spiro atoms. The first-order valence-electron chi connectivity index (χ1n) is 14.4. The van der Waals surface area contributed by atoms with Crippen molar-refractivity contribution in [2.24, 2.45) is 0 Å². The van der Waals surface area contributed by atoms with Crippen LogP contribution in [0.3, 0.4) is 0 Å². The van der Waals surface area contributed by atoms with Gasteiger partial charge in [0, 0.05) is 6.92 Å². The monoisotopic (exact) mass is 595 g/mol. The number of aliphatic hydroxyl groups is 8. The molecule has 2 saturated heterocycles. The molecule has 14 nitrogen and oxygen atoms in total. The third-order valence-corrected chi connectivity index (χ3v) is 7.26. The van der Waals surface area contributed by atoms with Gasteiger partial charge in [0.25, 0.3) is 0 Å². The van der Waals surface area contributed by atoms with Gasteiger partial charge in [-0.1, -0.05) is 51.2 Å². The highest BCUT2D eigenvalue weighted by Gasteiger charge is 2.50. The van der Waals surface area contributed by atoms with E-state index in [-0.39, 0.29) is 6.61 Å². The van der Waals surface area contributed by atoms with Crippen LogP contribution >= 0.6 is 0 Å². The summed E-state index contributed by atoms with van der Waals surface area (Å²) in [5, 5.41) is 84.0. The zero-order valence-electron chi connectivity index (χ0n) is 23.8. The Morgan fingerprint density at radius 2 is 1.46 bits per heavy atom. The van der Waals surface area contributed by atoms with E-state index in [9.17, 15) is 45.6 Å². The summed E-state index contributed by atoms with van der Waals surface area (Å²) in [5.41, 5.74) is 0. The molecule has 0 bridgehead atoms. The van der Waals surface area contributed by atoms with Crippen LogP contribution in [0.15, 0.2) is 12.2 Å². The van der Waals surface area contributed by atoms with Gasteiger partial charge in [-0.15, -0.1) is 0 Å².